The predicted molar refractivity (Wildman–Crippen MR) is 220 cm³/mol. The molecule has 0 spiro atoms. The van der Waals surface area contributed by atoms with Gasteiger partial charge in [0, 0.05) is 67.8 Å². The minimum absolute atomic E-state index is 0.00115. The summed E-state index contributed by atoms with van der Waals surface area (Å²) >= 11 is 1.70. The van der Waals surface area contributed by atoms with Gasteiger partial charge in [0.1, 0.15) is 23.1 Å². The molecule has 52 heavy (non-hydrogen) atoms. The molecule has 0 atom stereocenters. The van der Waals surface area contributed by atoms with E-state index in [1.54, 1.807) is 6.07 Å². The summed E-state index contributed by atoms with van der Waals surface area (Å²) in [4.78, 5) is 8.89. The first-order valence-corrected chi connectivity index (χ1v) is 17.2. The van der Waals surface area contributed by atoms with Crippen molar-refractivity contribution in [2.45, 2.75) is 0 Å². The maximum atomic E-state index is 9.64. The van der Waals surface area contributed by atoms with Crippen LogP contribution in [0, 0.1) is 0 Å². The van der Waals surface area contributed by atoms with Crippen molar-refractivity contribution in [3.05, 3.63) is 151 Å². The number of hydrogen-bond donors (Lipinski definition) is 0. The van der Waals surface area contributed by atoms with Gasteiger partial charge in [-0.05, 0) is 59.5 Å². The molecule has 242 valence electrons. The highest BCUT2D eigenvalue weighted by Crippen LogP contribution is 2.45. The van der Waals surface area contributed by atoms with Gasteiger partial charge in [0.05, 0.1) is 39.8 Å². The molecule has 0 aliphatic rings. The molecule has 0 saturated heterocycles. The molecule has 0 aliphatic carbocycles. The average Bonchev–Trinajstić information content (AvgIpc) is 4.18. The first-order chi connectivity index (χ1) is 34.5. The Balaban J connectivity index is 1.14. The van der Waals surface area contributed by atoms with Gasteiger partial charge < -0.3 is 8.98 Å². The van der Waals surface area contributed by atoms with Crippen LogP contribution in [0.15, 0.2) is 156 Å². The lowest BCUT2D eigenvalue weighted by atomic mass is 9.99. The van der Waals surface area contributed by atoms with E-state index >= 15 is 0 Å². The van der Waals surface area contributed by atoms with Crippen LogP contribution in [0.3, 0.4) is 0 Å². The number of rotatable bonds is 3. The molecule has 12 rings (SSSR count). The summed E-state index contributed by atoms with van der Waals surface area (Å²) in [5.41, 5.74) is -1.04. The molecule has 4 nitrogen and oxygen atoms in total. The van der Waals surface area contributed by atoms with Crippen molar-refractivity contribution in [1.29, 1.82) is 0 Å². The maximum Gasteiger partial charge on any atom is 0.180 e. The van der Waals surface area contributed by atoms with Crippen molar-refractivity contribution in [2.24, 2.45) is 0 Å². The number of para-hydroxylation sites is 1. The highest BCUT2D eigenvalue weighted by molar-refractivity contribution is 7.27. The number of fused-ring (bicyclic) bond motifs is 13. The number of aromatic nitrogens is 3. The Kier molecular flexibility index (Phi) is 3.08. The van der Waals surface area contributed by atoms with Gasteiger partial charge in [-0.15, -0.1) is 22.7 Å². The molecule has 0 amide bonds. The molecule has 0 bridgehead atoms. The van der Waals surface area contributed by atoms with Gasteiger partial charge in [0.15, 0.2) is 5.58 Å². The highest BCUT2D eigenvalue weighted by Gasteiger charge is 2.20. The molecule has 0 unspecified atom stereocenters. The lowest BCUT2D eigenvalue weighted by Gasteiger charge is -2.08. The Morgan fingerprint density at radius 1 is 0.577 bits per heavy atom. The fourth-order valence-corrected chi connectivity index (χ4v) is 8.99. The van der Waals surface area contributed by atoms with Crippen molar-refractivity contribution in [2.75, 3.05) is 0 Å². The molecule has 5 aromatic heterocycles. The van der Waals surface area contributed by atoms with Crippen molar-refractivity contribution >= 4 is 107 Å². The molecular formula is C46H25N3OS2. The molecule has 7 aromatic carbocycles. The van der Waals surface area contributed by atoms with Gasteiger partial charge in [0.25, 0.3) is 0 Å². The Labute approximate surface area is 333 Å². The molecule has 0 saturated carbocycles. The average molecular weight is 721 g/mol. The molecular weight excluding hydrogens is 675 g/mol. The van der Waals surface area contributed by atoms with Crippen molar-refractivity contribution < 1.29 is 33.2 Å². The van der Waals surface area contributed by atoms with Crippen LogP contribution in [0.25, 0.3) is 112 Å². The molecule has 12 aromatic rings. The van der Waals surface area contributed by atoms with Gasteiger partial charge in [-0.3, -0.25) is 0 Å². The minimum Gasteiger partial charge on any atom is -0.452 e. The summed E-state index contributed by atoms with van der Waals surface area (Å²) in [5, 5.41) is 0.161. The quantitative estimate of drug-likeness (QED) is 0.182. The van der Waals surface area contributed by atoms with Crippen LogP contribution < -0.4 is 0 Å². The zero-order valence-electron chi connectivity index (χ0n) is 46.9. The predicted octanol–water partition coefficient (Wildman–Crippen LogP) is 13.5. The summed E-state index contributed by atoms with van der Waals surface area (Å²) in [6, 6.07) is -6.88. The van der Waals surface area contributed by atoms with E-state index in [0.29, 0.717) is 0 Å². The Hall–Kier alpha value is -6.34. The lowest BCUT2D eigenvalue weighted by molar-refractivity contribution is 0.667. The van der Waals surface area contributed by atoms with E-state index in [-0.39, 0.29) is 113 Å². The molecule has 0 radical (unpaired) electrons. The number of nitrogens with zero attached hydrogens (tertiary/aromatic N) is 3. The fraction of sp³-hybridized carbons (Fsp3) is 0. The van der Waals surface area contributed by atoms with E-state index in [1.807, 2.05) is 0 Å². The first kappa shape index (κ1) is 15.1. The monoisotopic (exact) mass is 720 g/mol. The largest absolute Gasteiger partial charge is 0.452 e. The topological polar surface area (TPSA) is 43.9 Å². The zero-order valence-corrected chi connectivity index (χ0v) is 27.5. The SMILES string of the molecule is [2H]c1c([2H])c(-c2ncnc3c2oc2ccc(-n4c5c([2H])c([2H])c([2H])c([2H])c5c5c6sc7c([2H])c([2H])c([2H])c([2H])c7c6c([2H])c([2H])c54)cc23)c([2H])c(-c2c([2H])c([2H])c([2H])c3c2sc2c([2H])c([2H])c([2H])c([2H])c23)c1[2H]. The lowest BCUT2D eigenvalue weighted by Crippen LogP contribution is -1.93. The van der Waals surface area contributed by atoms with Crippen molar-refractivity contribution in [3.63, 3.8) is 0 Å². The molecule has 0 N–H and O–H groups in total. The summed E-state index contributed by atoms with van der Waals surface area (Å²) in [7, 11) is 0. The summed E-state index contributed by atoms with van der Waals surface area (Å²) in [6.07, 6.45) is 1.10. The maximum absolute atomic E-state index is 9.64. The zero-order chi connectivity index (χ0) is 52.2. The first-order valence-electron chi connectivity index (χ1n) is 26.1. The van der Waals surface area contributed by atoms with Crippen LogP contribution >= 0.6 is 22.7 Å². The van der Waals surface area contributed by atoms with Gasteiger partial charge in [-0.2, -0.15) is 0 Å². The number of hydrogen-bond acceptors (Lipinski definition) is 5. The number of thiophene rings is 2. The molecule has 6 heteroatoms. The summed E-state index contributed by atoms with van der Waals surface area (Å²) in [6.45, 7) is 0. The van der Waals surface area contributed by atoms with E-state index in [2.05, 4.69) is 9.97 Å². The van der Waals surface area contributed by atoms with Gasteiger partial charge in [-0.25, -0.2) is 9.97 Å². The highest BCUT2D eigenvalue weighted by atomic mass is 32.1. The summed E-state index contributed by atoms with van der Waals surface area (Å²) in [5.74, 6) is 0. The van der Waals surface area contributed by atoms with Gasteiger partial charge >= 0.3 is 0 Å². The third-order valence-corrected chi connectivity index (χ3v) is 11.3. The fourth-order valence-electron chi connectivity index (χ4n) is 6.80. The smallest absolute Gasteiger partial charge is 0.180 e. The molecule has 0 aliphatic heterocycles. The standard InChI is InChI=1S/C46H25N3OS2/c1-4-16-36-34(13-1)41-37(21-20-33-31-12-3-6-18-40(31)52-46(33)41)49(36)28-19-22-38-35(24-28)43-44(50-38)42(47-25-48-43)27-10-7-9-26(23-27)29-14-8-15-32-30-11-2-5-17-39(30)51-45(29)32/h1-25H/i1D,2D,3D,4D,5D,6D,7D,8D,9D,10D,11D,12D,13D,14D,15D,16D,17D,18D,20D,21D,23D. The van der Waals surface area contributed by atoms with Crippen LogP contribution in [-0.2, 0) is 0 Å². The third kappa shape index (κ3) is 3.90. The van der Waals surface area contributed by atoms with E-state index in [1.165, 1.54) is 16.7 Å². The number of furan rings is 1. The third-order valence-electron chi connectivity index (χ3n) is 9.01. The second-order valence-corrected chi connectivity index (χ2v) is 13.8. The van der Waals surface area contributed by atoms with E-state index < -0.39 is 126 Å². The Morgan fingerprint density at radius 3 is 2.15 bits per heavy atom. The van der Waals surface area contributed by atoms with Crippen LogP contribution in [0.5, 0.6) is 0 Å². The van der Waals surface area contributed by atoms with Crippen LogP contribution in [0.4, 0.5) is 0 Å². The number of benzene rings is 7. The minimum atomic E-state index is -0.715. The van der Waals surface area contributed by atoms with Crippen molar-refractivity contribution in [3.8, 4) is 28.1 Å². The Bertz CT molecular complexity index is 4650. The second kappa shape index (κ2) is 10.6. The second-order valence-electron chi connectivity index (χ2n) is 11.7. The van der Waals surface area contributed by atoms with E-state index in [0.717, 1.165) is 29.0 Å². The normalized spacial score (nSPS) is 17.9. The van der Waals surface area contributed by atoms with Gasteiger partial charge in [0.2, 0.25) is 0 Å². The van der Waals surface area contributed by atoms with Crippen LogP contribution in [0.2, 0.25) is 0 Å². The molecule has 0 fully saturated rings. The van der Waals surface area contributed by atoms with E-state index in [4.69, 9.17) is 27.7 Å². The van der Waals surface area contributed by atoms with Crippen LogP contribution in [-0.4, -0.2) is 14.5 Å². The van der Waals surface area contributed by atoms with Crippen LogP contribution in [0.1, 0.15) is 28.8 Å². The molecule has 5 heterocycles. The Morgan fingerprint density at radius 2 is 1.29 bits per heavy atom. The van der Waals surface area contributed by atoms with Gasteiger partial charge in [-0.1, -0.05) is 96.7 Å². The van der Waals surface area contributed by atoms with Crippen molar-refractivity contribution in [1.82, 2.24) is 14.5 Å². The van der Waals surface area contributed by atoms with E-state index in [9.17, 15) is 5.48 Å². The summed E-state index contributed by atoms with van der Waals surface area (Å²) < 4.78 is 194.